The largest absolute Gasteiger partial charge is 0.431 e. The fourth-order valence-electron chi connectivity index (χ4n) is 0.720. The molecule has 0 aromatic heterocycles. The van der Waals surface area contributed by atoms with Crippen LogP contribution in [0.25, 0.3) is 0 Å². The summed E-state index contributed by atoms with van der Waals surface area (Å²) in [5, 5.41) is 0. The predicted octanol–water partition coefficient (Wildman–Crippen LogP) is 2.57. The van der Waals surface area contributed by atoms with Gasteiger partial charge < -0.3 is 4.90 Å². The van der Waals surface area contributed by atoms with Gasteiger partial charge in [-0.3, -0.25) is 0 Å². The number of hydrogen-bond donors (Lipinski definition) is 0. The molecule has 0 saturated heterocycles. The zero-order valence-electron chi connectivity index (χ0n) is 7.15. The van der Waals surface area contributed by atoms with Crippen LogP contribution >= 0.6 is 0 Å². The second-order valence-corrected chi connectivity index (χ2v) is 2.30. The van der Waals surface area contributed by atoms with E-state index in [0.717, 1.165) is 17.1 Å². The number of hydrogen-bond acceptors (Lipinski definition) is 1. The van der Waals surface area contributed by atoms with Crippen molar-refractivity contribution >= 4 is 0 Å². The lowest BCUT2D eigenvalue weighted by Crippen LogP contribution is -2.28. The van der Waals surface area contributed by atoms with Crippen molar-refractivity contribution in [1.82, 2.24) is 4.90 Å². The minimum Gasteiger partial charge on any atom is -0.371 e. The minimum atomic E-state index is -4.29. The van der Waals surface area contributed by atoms with E-state index in [2.05, 4.69) is 6.58 Å². The Morgan fingerprint density at radius 3 is 2.25 bits per heavy atom. The van der Waals surface area contributed by atoms with Crippen molar-refractivity contribution in [2.24, 2.45) is 0 Å². The summed E-state index contributed by atoms with van der Waals surface area (Å²) in [7, 11) is 1.39. The van der Waals surface area contributed by atoms with Gasteiger partial charge in [0.05, 0.1) is 0 Å². The fourth-order valence-corrected chi connectivity index (χ4v) is 0.720. The van der Waals surface area contributed by atoms with Crippen LogP contribution in [0.1, 0.15) is 6.92 Å². The Balaban J connectivity index is 4.68. The van der Waals surface area contributed by atoms with Crippen LogP contribution in [0.15, 0.2) is 24.4 Å². The van der Waals surface area contributed by atoms with Gasteiger partial charge in [-0.15, -0.1) is 0 Å². The van der Waals surface area contributed by atoms with Gasteiger partial charge in [-0.05, 0) is 13.0 Å². The highest BCUT2D eigenvalue weighted by Gasteiger charge is 2.35. The molecule has 0 fully saturated rings. The highest BCUT2D eigenvalue weighted by atomic mass is 19.4. The van der Waals surface area contributed by atoms with Crippen molar-refractivity contribution in [1.29, 1.82) is 0 Å². The van der Waals surface area contributed by atoms with E-state index in [1.54, 1.807) is 6.92 Å². The summed E-state index contributed by atoms with van der Waals surface area (Å²) < 4.78 is 36.6. The molecule has 0 unspecified atom stereocenters. The Hall–Kier alpha value is -0.930. The second-order valence-electron chi connectivity index (χ2n) is 2.30. The summed E-state index contributed by atoms with van der Waals surface area (Å²) in [5.74, 6) is 0. The number of allylic oxidation sites excluding steroid dienone is 3. The van der Waals surface area contributed by atoms with Gasteiger partial charge >= 0.3 is 6.18 Å². The van der Waals surface area contributed by atoms with E-state index in [1.165, 1.54) is 7.05 Å². The fraction of sp³-hybridized carbons (Fsp3) is 0.500. The third-order valence-electron chi connectivity index (χ3n) is 1.45. The molecule has 0 N–H and O–H groups in total. The van der Waals surface area contributed by atoms with E-state index >= 15 is 0 Å². The zero-order chi connectivity index (χ0) is 9.78. The molecule has 4 heteroatoms. The first-order chi connectivity index (χ1) is 5.43. The van der Waals surface area contributed by atoms with E-state index in [4.69, 9.17) is 0 Å². The van der Waals surface area contributed by atoms with Gasteiger partial charge in [-0.2, -0.15) is 13.2 Å². The molecule has 0 saturated carbocycles. The Labute approximate surface area is 70.2 Å². The van der Waals surface area contributed by atoms with E-state index in [9.17, 15) is 13.2 Å². The Bertz CT molecular complexity index is 181. The van der Waals surface area contributed by atoms with Gasteiger partial charge in [-0.25, -0.2) is 0 Å². The van der Waals surface area contributed by atoms with Crippen LogP contribution in [0.4, 0.5) is 13.2 Å². The molecule has 1 nitrogen and oxygen atoms in total. The lowest BCUT2D eigenvalue weighted by Gasteiger charge is -2.22. The molecular formula is C8H12F3N. The highest BCUT2D eigenvalue weighted by Crippen LogP contribution is 2.27. The molecule has 0 radical (unpaired) electrons. The molecule has 0 spiro atoms. The van der Waals surface area contributed by atoms with Crippen LogP contribution < -0.4 is 0 Å². The first-order valence-corrected chi connectivity index (χ1v) is 3.54. The summed E-state index contributed by atoms with van der Waals surface area (Å²) >= 11 is 0. The Morgan fingerprint density at radius 1 is 1.50 bits per heavy atom. The normalized spacial score (nSPS) is 12.9. The van der Waals surface area contributed by atoms with Gasteiger partial charge in [0.15, 0.2) is 0 Å². The third kappa shape index (κ3) is 2.98. The molecule has 0 aromatic rings. The van der Waals surface area contributed by atoms with Gasteiger partial charge in [0, 0.05) is 13.6 Å². The minimum absolute atomic E-state index is 0.319. The van der Waals surface area contributed by atoms with E-state index in [0.29, 0.717) is 6.54 Å². The summed E-state index contributed by atoms with van der Waals surface area (Å²) in [6, 6.07) is 0. The first kappa shape index (κ1) is 11.1. The maximum atomic E-state index is 12.2. The van der Waals surface area contributed by atoms with Crippen molar-refractivity contribution in [2.75, 3.05) is 13.6 Å². The van der Waals surface area contributed by atoms with E-state index in [1.807, 2.05) is 0 Å². The zero-order valence-corrected chi connectivity index (χ0v) is 7.15. The molecule has 0 rings (SSSR count). The standard InChI is InChI=1S/C8H12F3N/c1-4-6-7(8(9,10)11)12(3)5-2/h4,6H,1,5H2,2-3H3/b7-6-. The molecule has 12 heavy (non-hydrogen) atoms. The smallest absolute Gasteiger partial charge is 0.371 e. The lowest BCUT2D eigenvalue weighted by molar-refractivity contribution is -0.109. The number of halogens is 3. The average Bonchev–Trinajstić information content (AvgIpc) is 1.96. The molecule has 0 amide bonds. The molecule has 70 valence electrons. The Kier molecular flexibility index (Phi) is 3.86. The van der Waals surface area contributed by atoms with E-state index in [-0.39, 0.29) is 0 Å². The predicted molar refractivity (Wildman–Crippen MR) is 42.6 cm³/mol. The summed E-state index contributed by atoms with van der Waals surface area (Å²) in [6.45, 7) is 5.20. The van der Waals surface area contributed by atoms with Crippen LogP contribution in [0.2, 0.25) is 0 Å². The SMILES string of the molecule is C=C/C=C(\N(C)CC)C(F)(F)F. The molecule has 0 aliphatic rings. The van der Waals surface area contributed by atoms with Crippen molar-refractivity contribution in [3.8, 4) is 0 Å². The summed E-state index contributed by atoms with van der Waals surface area (Å²) in [5.41, 5.74) is -0.667. The van der Waals surface area contributed by atoms with Crippen LogP contribution in [-0.2, 0) is 0 Å². The monoisotopic (exact) mass is 179 g/mol. The maximum Gasteiger partial charge on any atom is 0.431 e. The second kappa shape index (κ2) is 4.18. The van der Waals surface area contributed by atoms with Gasteiger partial charge in [0.25, 0.3) is 0 Å². The molecule has 0 heterocycles. The van der Waals surface area contributed by atoms with Gasteiger partial charge in [-0.1, -0.05) is 12.7 Å². The quantitative estimate of drug-likeness (QED) is 0.602. The van der Waals surface area contributed by atoms with Crippen LogP contribution in [0, 0.1) is 0 Å². The van der Waals surface area contributed by atoms with Crippen LogP contribution in [-0.4, -0.2) is 24.7 Å². The number of nitrogens with zero attached hydrogens (tertiary/aromatic N) is 1. The Morgan fingerprint density at radius 2 is 2.00 bits per heavy atom. The topological polar surface area (TPSA) is 3.24 Å². The summed E-state index contributed by atoms with van der Waals surface area (Å²) in [4.78, 5) is 1.13. The van der Waals surface area contributed by atoms with Crippen LogP contribution in [0.3, 0.4) is 0 Å². The van der Waals surface area contributed by atoms with Crippen LogP contribution in [0.5, 0.6) is 0 Å². The van der Waals surface area contributed by atoms with Crippen molar-refractivity contribution in [3.63, 3.8) is 0 Å². The van der Waals surface area contributed by atoms with Crippen molar-refractivity contribution in [2.45, 2.75) is 13.1 Å². The van der Waals surface area contributed by atoms with Gasteiger partial charge in [0.2, 0.25) is 0 Å². The lowest BCUT2D eigenvalue weighted by atomic mass is 10.3. The van der Waals surface area contributed by atoms with Crippen molar-refractivity contribution in [3.05, 3.63) is 24.4 Å². The third-order valence-corrected chi connectivity index (χ3v) is 1.45. The summed E-state index contributed by atoms with van der Waals surface area (Å²) in [6.07, 6.45) is -2.20. The molecule has 0 aromatic carbocycles. The molecule has 0 atom stereocenters. The molecule has 0 aliphatic heterocycles. The molecular weight excluding hydrogens is 167 g/mol. The average molecular weight is 179 g/mol. The maximum absolute atomic E-state index is 12.2. The first-order valence-electron chi connectivity index (χ1n) is 3.54. The highest BCUT2D eigenvalue weighted by molar-refractivity contribution is 5.13. The van der Waals surface area contributed by atoms with E-state index < -0.39 is 11.9 Å². The van der Waals surface area contributed by atoms with Gasteiger partial charge in [0.1, 0.15) is 5.70 Å². The molecule has 0 aliphatic carbocycles. The number of alkyl halides is 3. The number of rotatable bonds is 3. The molecule has 0 bridgehead atoms. The van der Waals surface area contributed by atoms with Crippen molar-refractivity contribution < 1.29 is 13.2 Å².